The minimum Gasteiger partial charge on any atom is -0.316 e. The second kappa shape index (κ2) is 7.80. The lowest BCUT2D eigenvalue weighted by molar-refractivity contribution is 0.185. The molecule has 112 valence electrons. The van der Waals surface area contributed by atoms with Crippen LogP contribution < -0.4 is 5.32 Å². The third kappa shape index (κ3) is 4.60. The van der Waals surface area contributed by atoms with Crippen LogP contribution in [0.2, 0.25) is 0 Å². The van der Waals surface area contributed by atoms with Crippen LogP contribution in [-0.2, 0) is 6.54 Å². The van der Waals surface area contributed by atoms with Crippen LogP contribution in [0.25, 0.3) is 0 Å². The number of likely N-dealkylation sites (N-methyl/N-ethyl adjacent to an activating group) is 1. The van der Waals surface area contributed by atoms with E-state index in [1.54, 1.807) is 0 Å². The number of nitrogens with one attached hydrogen (secondary N) is 1. The molecule has 0 amide bonds. The summed E-state index contributed by atoms with van der Waals surface area (Å²) in [4.78, 5) is 2.59. The fourth-order valence-corrected chi connectivity index (χ4v) is 2.91. The summed E-state index contributed by atoms with van der Waals surface area (Å²) in [5.41, 5.74) is 2.90. The molecule has 1 aliphatic heterocycles. The van der Waals surface area contributed by atoms with E-state index in [2.05, 4.69) is 55.3 Å². The third-order valence-electron chi connectivity index (χ3n) is 4.53. The van der Waals surface area contributed by atoms with Crippen molar-refractivity contribution < 1.29 is 0 Å². The number of hydrogen-bond acceptors (Lipinski definition) is 2. The largest absolute Gasteiger partial charge is 0.316 e. The summed E-state index contributed by atoms with van der Waals surface area (Å²) in [6.07, 6.45) is 2.72. The topological polar surface area (TPSA) is 15.3 Å². The average molecular weight is 274 g/mol. The van der Waals surface area contributed by atoms with Crippen molar-refractivity contribution in [1.82, 2.24) is 10.2 Å². The second-order valence-corrected chi connectivity index (χ2v) is 6.41. The van der Waals surface area contributed by atoms with Gasteiger partial charge in [0.25, 0.3) is 0 Å². The zero-order valence-electron chi connectivity index (χ0n) is 13.4. The van der Waals surface area contributed by atoms with E-state index in [-0.39, 0.29) is 0 Å². The van der Waals surface area contributed by atoms with Gasteiger partial charge >= 0.3 is 0 Å². The summed E-state index contributed by atoms with van der Waals surface area (Å²) < 4.78 is 0. The van der Waals surface area contributed by atoms with Crippen molar-refractivity contribution in [3.05, 3.63) is 35.4 Å². The molecule has 2 nitrogen and oxygen atoms in total. The van der Waals surface area contributed by atoms with Gasteiger partial charge in [-0.2, -0.15) is 0 Å². The molecule has 20 heavy (non-hydrogen) atoms. The Morgan fingerprint density at radius 3 is 2.45 bits per heavy atom. The molecule has 1 N–H and O–H groups in total. The molecular weight excluding hydrogens is 244 g/mol. The number of piperidine rings is 1. The zero-order chi connectivity index (χ0) is 14.4. The normalized spacial score (nSPS) is 19.1. The summed E-state index contributed by atoms with van der Waals surface area (Å²) in [5, 5.41) is 3.42. The summed E-state index contributed by atoms with van der Waals surface area (Å²) in [7, 11) is 0. The van der Waals surface area contributed by atoms with E-state index in [0.717, 1.165) is 25.6 Å². The molecule has 1 saturated heterocycles. The van der Waals surface area contributed by atoms with Crippen LogP contribution >= 0.6 is 0 Å². The van der Waals surface area contributed by atoms with E-state index >= 15 is 0 Å². The molecule has 1 unspecified atom stereocenters. The Balaban J connectivity index is 1.85. The standard InChI is InChI=1S/C18H30N2/c1-4-19-13-16(3)18-7-5-17(6-8-18)14-20-11-9-15(2)10-12-20/h5-8,15-16,19H,4,9-14H2,1-3H3. The van der Waals surface area contributed by atoms with Gasteiger partial charge in [-0.05, 0) is 55.4 Å². The Labute approximate surface area is 124 Å². The lowest BCUT2D eigenvalue weighted by atomic mass is 9.97. The van der Waals surface area contributed by atoms with Crippen molar-refractivity contribution in [3.8, 4) is 0 Å². The lowest BCUT2D eigenvalue weighted by Gasteiger charge is -2.30. The van der Waals surface area contributed by atoms with Crippen molar-refractivity contribution in [3.63, 3.8) is 0 Å². The second-order valence-electron chi connectivity index (χ2n) is 6.41. The summed E-state index contributed by atoms with van der Waals surface area (Å²) in [6.45, 7) is 12.6. The Hall–Kier alpha value is -0.860. The van der Waals surface area contributed by atoms with Crippen molar-refractivity contribution in [2.75, 3.05) is 26.2 Å². The van der Waals surface area contributed by atoms with Gasteiger partial charge in [-0.3, -0.25) is 4.90 Å². The van der Waals surface area contributed by atoms with Crippen LogP contribution in [0.5, 0.6) is 0 Å². The minimum absolute atomic E-state index is 0.597. The lowest BCUT2D eigenvalue weighted by Crippen LogP contribution is -2.32. The number of likely N-dealkylation sites (tertiary alicyclic amines) is 1. The van der Waals surface area contributed by atoms with Gasteiger partial charge < -0.3 is 5.32 Å². The highest BCUT2D eigenvalue weighted by atomic mass is 15.1. The molecule has 0 bridgehead atoms. The molecule has 1 aliphatic rings. The molecular formula is C18H30N2. The van der Waals surface area contributed by atoms with Crippen LogP contribution in [-0.4, -0.2) is 31.1 Å². The van der Waals surface area contributed by atoms with Gasteiger partial charge in [0.2, 0.25) is 0 Å². The molecule has 2 rings (SSSR count). The Kier molecular flexibility index (Phi) is 6.06. The number of rotatable bonds is 6. The maximum Gasteiger partial charge on any atom is 0.0233 e. The summed E-state index contributed by atoms with van der Waals surface area (Å²) >= 11 is 0. The van der Waals surface area contributed by atoms with E-state index in [1.807, 2.05) is 0 Å². The third-order valence-corrected chi connectivity index (χ3v) is 4.53. The smallest absolute Gasteiger partial charge is 0.0233 e. The first kappa shape index (κ1) is 15.5. The Morgan fingerprint density at radius 1 is 1.20 bits per heavy atom. The van der Waals surface area contributed by atoms with Gasteiger partial charge in [-0.1, -0.05) is 45.0 Å². The molecule has 1 atom stereocenters. The molecule has 0 saturated carbocycles. The van der Waals surface area contributed by atoms with E-state index in [9.17, 15) is 0 Å². The summed E-state index contributed by atoms with van der Waals surface area (Å²) in [5.74, 6) is 1.51. The Bertz CT molecular complexity index is 377. The maximum atomic E-state index is 3.42. The predicted octanol–water partition coefficient (Wildman–Crippen LogP) is 3.63. The van der Waals surface area contributed by atoms with Gasteiger partial charge in [0, 0.05) is 13.1 Å². The molecule has 0 radical (unpaired) electrons. The first-order chi connectivity index (χ1) is 9.69. The van der Waals surface area contributed by atoms with Gasteiger partial charge in [-0.25, -0.2) is 0 Å². The fraction of sp³-hybridized carbons (Fsp3) is 0.667. The molecule has 0 aromatic heterocycles. The van der Waals surface area contributed by atoms with Crippen molar-refractivity contribution in [2.24, 2.45) is 5.92 Å². The highest BCUT2D eigenvalue weighted by Crippen LogP contribution is 2.20. The van der Waals surface area contributed by atoms with Crippen molar-refractivity contribution >= 4 is 0 Å². The fourth-order valence-electron chi connectivity index (χ4n) is 2.91. The van der Waals surface area contributed by atoms with Gasteiger partial charge in [0.05, 0.1) is 0 Å². The van der Waals surface area contributed by atoms with Crippen LogP contribution in [0.15, 0.2) is 24.3 Å². The average Bonchev–Trinajstić information content (AvgIpc) is 2.48. The van der Waals surface area contributed by atoms with Crippen LogP contribution in [0.3, 0.4) is 0 Å². The van der Waals surface area contributed by atoms with Crippen molar-refractivity contribution in [2.45, 2.75) is 46.1 Å². The van der Waals surface area contributed by atoms with Gasteiger partial charge in [-0.15, -0.1) is 0 Å². The SMILES string of the molecule is CCNCC(C)c1ccc(CN2CCC(C)CC2)cc1. The highest BCUT2D eigenvalue weighted by molar-refractivity contribution is 5.25. The number of benzene rings is 1. The monoisotopic (exact) mass is 274 g/mol. The van der Waals surface area contributed by atoms with Crippen LogP contribution in [0.1, 0.15) is 50.7 Å². The number of hydrogen-bond donors (Lipinski definition) is 1. The van der Waals surface area contributed by atoms with E-state index in [1.165, 1.54) is 37.1 Å². The van der Waals surface area contributed by atoms with Crippen LogP contribution in [0.4, 0.5) is 0 Å². The zero-order valence-corrected chi connectivity index (χ0v) is 13.4. The molecule has 0 aliphatic carbocycles. The summed E-state index contributed by atoms with van der Waals surface area (Å²) in [6, 6.07) is 9.25. The number of nitrogens with zero attached hydrogens (tertiary/aromatic N) is 1. The first-order valence-electron chi connectivity index (χ1n) is 8.21. The van der Waals surface area contributed by atoms with Crippen LogP contribution in [0, 0.1) is 5.92 Å². The highest BCUT2D eigenvalue weighted by Gasteiger charge is 2.15. The van der Waals surface area contributed by atoms with E-state index in [0.29, 0.717) is 5.92 Å². The molecule has 1 fully saturated rings. The van der Waals surface area contributed by atoms with Gasteiger partial charge in [0.15, 0.2) is 0 Å². The molecule has 0 spiro atoms. The molecule has 1 aromatic rings. The van der Waals surface area contributed by atoms with Gasteiger partial charge in [0.1, 0.15) is 0 Å². The molecule has 2 heteroatoms. The van der Waals surface area contributed by atoms with E-state index < -0.39 is 0 Å². The molecule has 1 aromatic carbocycles. The predicted molar refractivity (Wildman–Crippen MR) is 87.1 cm³/mol. The quantitative estimate of drug-likeness (QED) is 0.852. The van der Waals surface area contributed by atoms with E-state index in [4.69, 9.17) is 0 Å². The minimum atomic E-state index is 0.597. The maximum absolute atomic E-state index is 3.42. The van der Waals surface area contributed by atoms with Crippen molar-refractivity contribution in [1.29, 1.82) is 0 Å². The Morgan fingerprint density at radius 2 is 1.85 bits per heavy atom. The molecule has 1 heterocycles. The first-order valence-corrected chi connectivity index (χ1v) is 8.21.